The van der Waals surface area contributed by atoms with E-state index in [1.54, 1.807) is 24.3 Å². The van der Waals surface area contributed by atoms with Crippen LogP contribution >= 0.6 is 0 Å². The summed E-state index contributed by atoms with van der Waals surface area (Å²) in [6.07, 6.45) is 1.05. The molecule has 0 saturated heterocycles. The molecule has 2 rings (SSSR count). The smallest absolute Gasteiger partial charge is 0.307 e. The third-order valence-electron chi connectivity index (χ3n) is 3.81. The zero-order valence-corrected chi connectivity index (χ0v) is 13.2. The van der Waals surface area contributed by atoms with Crippen LogP contribution in [-0.4, -0.2) is 17.0 Å². The van der Waals surface area contributed by atoms with E-state index in [2.05, 4.69) is 24.4 Å². The van der Waals surface area contributed by atoms with Gasteiger partial charge in [-0.05, 0) is 29.5 Å². The van der Waals surface area contributed by atoms with Crippen molar-refractivity contribution in [1.82, 2.24) is 0 Å². The number of amides is 1. The van der Waals surface area contributed by atoms with Crippen LogP contribution < -0.4 is 5.32 Å². The van der Waals surface area contributed by atoms with Gasteiger partial charge < -0.3 is 10.4 Å². The zero-order valence-electron chi connectivity index (χ0n) is 13.2. The van der Waals surface area contributed by atoms with Crippen LogP contribution in [0.25, 0.3) is 0 Å². The topological polar surface area (TPSA) is 66.4 Å². The van der Waals surface area contributed by atoms with Crippen LogP contribution in [0.5, 0.6) is 0 Å². The molecule has 23 heavy (non-hydrogen) atoms. The Kier molecular flexibility index (Phi) is 5.92. The second kappa shape index (κ2) is 8.13. The number of para-hydroxylation sites is 1. The van der Waals surface area contributed by atoms with Gasteiger partial charge in [0.05, 0.1) is 6.42 Å². The number of hydrogen-bond acceptors (Lipinski definition) is 2. The molecule has 0 radical (unpaired) electrons. The van der Waals surface area contributed by atoms with Crippen LogP contribution in [0.3, 0.4) is 0 Å². The highest BCUT2D eigenvalue weighted by Gasteiger charge is 2.11. The first kappa shape index (κ1) is 16.7. The molecular formula is C19H21NO3. The maximum absolute atomic E-state index is 12.1. The lowest BCUT2D eigenvalue weighted by Gasteiger charge is -2.13. The molecule has 0 fully saturated rings. The Morgan fingerprint density at radius 3 is 2.39 bits per heavy atom. The molecule has 2 aromatic carbocycles. The van der Waals surface area contributed by atoms with Gasteiger partial charge in [-0.3, -0.25) is 9.59 Å². The molecule has 0 aliphatic rings. The minimum absolute atomic E-state index is 0.0920. The summed E-state index contributed by atoms with van der Waals surface area (Å²) in [5, 5.41) is 11.7. The Morgan fingerprint density at radius 1 is 1.04 bits per heavy atom. The Bertz CT molecular complexity index is 667. The van der Waals surface area contributed by atoms with Gasteiger partial charge in [0.2, 0.25) is 5.91 Å². The Labute approximate surface area is 136 Å². The Morgan fingerprint density at radius 2 is 1.70 bits per heavy atom. The van der Waals surface area contributed by atoms with Crippen molar-refractivity contribution in [2.75, 3.05) is 5.32 Å². The monoisotopic (exact) mass is 311 g/mol. The number of hydrogen-bond donors (Lipinski definition) is 2. The lowest BCUT2D eigenvalue weighted by Crippen LogP contribution is -2.14. The summed E-state index contributed by atoms with van der Waals surface area (Å²) in [5.41, 5.74) is 2.41. The van der Waals surface area contributed by atoms with E-state index in [0.717, 1.165) is 6.42 Å². The summed E-state index contributed by atoms with van der Waals surface area (Å²) >= 11 is 0. The molecule has 2 aromatic rings. The number of benzene rings is 2. The average molecular weight is 311 g/mol. The summed E-state index contributed by atoms with van der Waals surface area (Å²) in [6.45, 7) is 2.10. The predicted octanol–water partition coefficient (Wildman–Crippen LogP) is 3.84. The van der Waals surface area contributed by atoms with Gasteiger partial charge >= 0.3 is 5.97 Å². The minimum atomic E-state index is -0.913. The lowest BCUT2D eigenvalue weighted by molar-refractivity contribution is -0.136. The number of nitrogens with one attached hydrogen (secondary N) is 1. The average Bonchev–Trinajstić information content (AvgIpc) is 2.55. The maximum atomic E-state index is 12.1. The van der Waals surface area contributed by atoms with Gasteiger partial charge in [0.25, 0.3) is 0 Å². The standard InChI is InChI=1S/C19H21NO3/c1-14(15-7-3-2-4-8-15)11-12-18(21)20-17-10-6-5-9-16(17)13-19(22)23/h2-10,14H,11-13H2,1H3,(H,20,21)(H,22,23). The van der Waals surface area contributed by atoms with E-state index in [1.807, 2.05) is 18.2 Å². The van der Waals surface area contributed by atoms with Crippen molar-refractivity contribution in [2.45, 2.75) is 32.1 Å². The summed E-state index contributed by atoms with van der Waals surface area (Å²) in [4.78, 5) is 23.0. The molecule has 120 valence electrons. The van der Waals surface area contributed by atoms with Crippen molar-refractivity contribution in [1.29, 1.82) is 0 Å². The summed E-state index contributed by atoms with van der Waals surface area (Å²) in [5.74, 6) is -0.703. The minimum Gasteiger partial charge on any atom is -0.481 e. The quantitative estimate of drug-likeness (QED) is 0.816. The van der Waals surface area contributed by atoms with E-state index in [9.17, 15) is 9.59 Å². The van der Waals surface area contributed by atoms with Crippen molar-refractivity contribution in [3.63, 3.8) is 0 Å². The molecule has 0 aromatic heterocycles. The number of carboxylic acid groups (broad SMARTS) is 1. The number of aliphatic carboxylic acids is 1. The van der Waals surface area contributed by atoms with Gasteiger partial charge in [-0.1, -0.05) is 55.5 Å². The van der Waals surface area contributed by atoms with Gasteiger partial charge in [0.15, 0.2) is 0 Å². The number of anilines is 1. The first-order chi connectivity index (χ1) is 11.1. The fourth-order valence-electron chi connectivity index (χ4n) is 2.47. The SMILES string of the molecule is CC(CCC(=O)Nc1ccccc1CC(=O)O)c1ccccc1. The molecule has 0 aliphatic heterocycles. The third-order valence-corrected chi connectivity index (χ3v) is 3.81. The fraction of sp³-hybridized carbons (Fsp3) is 0.263. The summed E-state index contributed by atoms with van der Waals surface area (Å²) in [7, 11) is 0. The normalized spacial score (nSPS) is 11.7. The van der Waals surface area contributed by atoms with E-state index >= 15 is 0 Å². The lowest BCUT2D eigenvalue weighted by atomic mass is 9.96. The van der Waals surface area contributed by atoms with E-state index in [0.29, 0.717) is 23.6 Å². The number of carbonyl (C=O) groups excluding carboxylic acids is 1. The van der Waals surface area contributed by atoms with Crippen molar-refractivity contribution >= 4 is 17.6 Å². The van der Waals surface area contributed by atoms with E-state index in [4.69, 9.17) is 5.11 Å². The van der Waals surface area contributed by atoms with Gasteiger partial charge in [0, 0.05) is 12.1 Å². The molecule has 0 bridgehead atoms. The van der Waals surface area contributed by atoms with Gasteiger partial charge in [-0.25, -0.2) is 0 Å². The van der Waals surface area contributed by atoms with Gasteiger partial charge in [0.1, 0.15) is 0 Å². The number of rotatable bonds is 7. The first-order valence-corrected chi connectivity index (χ1v) is 7.70. The maximum Gasteiger partial charge on any atom is 0.307 e. The molecule has 0 heterocycles. The van der Waals surface area contributed by atoms with Crippen LogP contribution in [0.2, 0.25) is 0 Å². The molecule has 1 amide bonds. The summed E-state index contributed by atoms with van der Waals surface area (Å²) < 4.78 is 0. The highest BCUT2D eigenvalue weighted by molar-refractivity contribution is 5.92. The third kappa shape index (κ3) is 5.25. The van der Waals surface area contributed by atoms with Crippen molar-refractivity contribution in [2.24, 2.45) is 0 Å². The van der Waals surface area contributed by atoms with Crippen LogP contribution in [0.15, 0.2) is 54.6 Å². The molecular weight excluding hydrogens is 290 g/mol. The molecule has 4 nitrogen and oxygen atoms in total. The highest BCUT2D eigenvalue weighted by atomic mass is 16.4. The van der Waals surface area contributed by atoms with Crippen LogP contribution in [0.4, 0.5) is 5.69 Å². The van der Waals surface area contributed by atoms with E-state index < -0.39 is 5.97 Å². The first-order valence-electron chi connectivity index (χ1n) is 7.70. The van der Waals surface area contributed by atoms with Crippen LogP contribution in [0.1, 0.15) is 36.8 Å². The Balaban J connectivity index is 1.91. The van der Waals surface area contributed by atoms with E-state index in [-0.39, 0.29) is 12.3 Å². The summed E-state index contributed by atoms with van der Waals surface area (Å²) in [6, 6.07) is 17.1. The van der Waals surface area contributed by atoms with Crippen LogP contribution in [0, 0.1) is 0 Å². The number of carboxylic acids is 1. The van der Waals surface area contributed by atoms with Gasteiger partial charge in [-0.15, -0.1) is 0 Å². The molecule has 4 heteroatoms. The zero-order chi connectivity index (χ0) is 16.7. The van der Waals surface area contributed by atoms with E-state index in [1.165, 1.54) is 5.56 Å². The number of carbonyl (C=O) groups is 2. The second-order valence-corrected chi connectivity index (χ2v) is 5.63. The van der Waals surface area contributed by atoms with Crippen molar-refractivity contribution in [3.05, 3.63) is 65.7 Å². The highest BCUT2D eigenvalue weighted by Crippen LogP contribution is 2.21. The second-order valence-electron chi connectivity index (χ2n) is 5.63. The van der Waals surface area contributed by atoms with Crippen molar-refractivity contribution in [3.8, 4) is 0 Å². The molecule has 2 N–H and O–H groups in total. The van der Waals surface area contributed by atoms with Crippen molar-refractivity contribution < 1.29 is 14.7 Å². The molecule has 1 atom stereocenters. The molecule has 0 aliphatic carbocycles. The molecule has 1 unspecified atom stereocenters. The fourth-order valence-corrected chi connectivity index (χ4v) is 2.47. The van der Waals surface area contributed by atoms with Gasteiger partial charge in [-0.2, -0.15) is 0 Å². The molecule has 0 saturated carbocycles. The molecule has 0 spiro atoms. The van der Waals surface area contributed by atoms with Crippen LogP contribution in [-0.2, 0) is 16.0 Å². The Hall–Kier alpha value is -2.62. The predicted molar refractivity (Wildman–Crippen MR) is 90.5 cm³/mol. The largest absolute Gasteiger partial charge is 0.481 e.